The predicted molar refractivity (Wildman–Crippen MR) is 167 cm³/mol. The number of ether oxygens (including phenoxy) is 3. The van der Waals surface area contributed by atoms with Gasteiger partial charge in [-0.1, -0.05) is 0 Å². The third kappa shape index (κ3) is 26.6. The lowest BCUT2D eigenvalue weighted by Gasteiger charge is -2.26. The maximum atomic E-state index is 12.8. The van der Waals surface area contributed by atoms with Crippen LogP contribution in [0.15, 0.2) is 36.1 Å². The topological polar surface area (TPSA) is 37.4 Å². The third-order valence-electron chi connectivity index (χ3n) is 6.31. The fourth-order valence-corrected chi connectivity index (χ4v) is 3.91. The van der Waals surface area contributed by atoms with Gasteiger partial charge in [-0.15, -0.1) is 0 Å². The van der Waals surface area contributed by atoms with Gasteiger partial charge in [0.05, 0.1) is 27.5 Å². The van der Waals surface area contributed by atoms with Crippen LogP contribution < -0.4 is 0 Å². The fourth-order valence-electron chi connectivity index (χ4n) is 3.91. The van der Waals surface area contributed by atoms with Crippen molar-refractivity contribution in [1.82, 2.24) is 14.7 Å². The van der Waals surface area contributed by atoms with Gasteiger partial charge in [-0.25, -0.2) is 4.90 Å². The number of hydrogen-bond donors (Lipinski definition) is 0. The molecule has 3 aliphatic heterocycles. The van der Waals surface area contributed by atoms with E-state index in [-0.39, 0.29) is 30.2 Å². The highest BCUT2D eigenvalue weighted by molar-refractivity contribution is 5.15. The van der Waals surface area contributed by atoms with Gasteiger partial charge in [-0.05, 0) is 32.1 Å². The molecule has 0 bridgehead atoms. The summed E-state index contributed by atoms with van der Waals surface area (Å²) >= 11 is 0. The lowest BCUT2D eigenvalue weighted by molar-refractivity contribution is -0.303. The van der Waals surface area contributed by atoms with Crippen molar-refractivity contribution in [3.05, 3.63) is 36.1 Å². The first-order valence-electron chi connectivity index (χ1n) is 16.0. The Morgan fingerprint density at radius 1 is 0.435 bits per heavy atom. The summed E-state index contributed by atoms with van der Waals surface area (Å²) in [4.78, 5) is 1.24. The summed E-state index contributed by atoms with van der Waals surface area (Å²) in [5.74, 6) is -14.6. The number of nitrogens with zero attached hydrogens (tertiary/aromatic N) is 3. The van der Waals surface area contributed by atoms with Gasteiger partial charge in [0.25, 0.3) is 6.01 Å². The van der Waals surface area contributed by atoms with E-state index in [2.05, 4.69) is 14.2 Å². The fraction of sp³-hybridized carbons (Fsp3) is 0.800. The maximum Gasteiger partial charge on any atom is 0.450 e. The quantitative estimate of drug-likeness (QED) is 0.150. The molecule has 0 aliphatic carbocycles. The molecule has 0 amide bonds. The van der Waals surface area contributed by atoms with Crippen LogP contribution in [0.4, 0.5) is 115 Å². The van der Waals surface area contributed by atoms with E-state index in [9.17, 15) is 105 Å². The molecular weight excluding hydrogens is 944 g/mol. The second-order valence-corrected chi connectivity index (χ2v) is 11.8. The Morgan fingerprint density at radius 2 is 0.661 bits per heavy atom. The van der Waals surface area contributed by atoms with Gasteiger partial charge in [0.2, 0.25) is 11.5 Å². The van der Waals surface area contributed by atoms with Gasteiger partial charge >= 0.3 is 54.8 Å². The van der Waals surface area contributed by atoms with Crippen LogP contribution in [-0.4, -0.2) is 117 Å². The zero-order valence-electron chi connectivity index (χ0n) is 32.6. The molecule has 6 nitrogen and oxygen atoms in total. The van der Waals surface area contributed by atoms with Crippen LogP contribution in [0.25, 0.3) is 0 Å². The van der Waals surface area contributed by atoms with Crippen LogP contribution in [0.3, 0.4) is 0 Å². The molecule has 3 fully saturated rings. The molecule has 3 rings (SSSR count). The zero-order chi connectivity index (χ0) is 48.6. The normalized spacial score (nSPS) is 19.6. The van der Waals surface area contributed by atoms with Crippen molar-refractivity contribution in [2.75, 3.05) is 47.5 Å². The number of piperidine rings is 1. The molecule has 0 radical (unpaired) electrons. The van der Waals surface area contributed by atoms with Crippen molar-refractivity contribution >= 4 is 0 Å². The highest BCUT2D eigenvalue weighted by atomic mass is 19.4. The second-order valence-electron chi connectivity index (χ2n) is 11.8. The van der Waals surface area contributed by atoms with Crippen molar-refractivity contribution < 1.29 is 129 Å². The van der Waals surface area contributed by atoms with E-state index >= 15 is 0 Å². The van der Waals surface area contributed by atoms with Gasteiger partial charge in [-0.2, -0.15) is 105 Å². The molecule has 0 aromatic carbocycles. The van der Waals surface area contributed by atoms with Crippen LogP contribution in [0.2, 0.25) is 0 Å². The molecular formula is C30H41F26N3O3. The Balaban J connectivity index is -0.000000224. The standard InChI is InChI=1S/C9H14F3NO.C8H12F3NO.C7H4F9NO.3C2H3F3.2FH/c1-14-8(9(10,11)12)7-13-5-3-2-4-6-13;1-13-7(8(9,10)11)6-12-4-2-3-5-12;1-18-3(8)2-17-6(13,14)4(9,10)5(11,12)7(17,15)16;3*1-2(3,4)5;;/h7H,2-6H2,1H3;6H,2-5H2,1H3;2H,1H3;3*1H3;2*1H. The van der Waals surface area contributed by atoms with Crippen LogP contribution in [-0.2, 0) is 14.2 Å². The van der Waals surface area contributed by atoms with Crippen LogP contribution >= 0.6 is 0 Å². The SMILES string of the molecule is CC(F)(F)F.CC(F)(F)F.CC(F)(F)F.COC(=CN1CCCC1)C(F)(F)F.COC(=CN1CCCCC1)C(F)(F)F.COC(F)=CN1C(F)(F)C(F)(F)C(F)(F)C1(F)F.F.F. The van der Waals surface area contributed by atoms with Gasteiger partial charge in [0.1, 0.15) is 0 Å². The van der Waals surface area contributed by atoms with Gasteiger partial charge in [0.15, 0.2) is 0 Å². The molecule has 376 valence electrons. The lowest BCUT2D eigenvalue weighted by atomic mass is 10.1. The number of methoxy groups -OCH3 is 3. The van der Waals surface area contributed by atoms with Crippen LogP contribution in [0.5, 0.6) is 0 Å². The highest BCUT2D eigenvalue weighted by Crippen LogP contribution is 2.63. The zero-order valence-corrected chi connectivity index (χ0v) is 32.6. The Labute approximate surface area is 335 Å². The Kier molecular flexibility index (Phi) is 28.3. The molecule has 0 N–H and O–H groups in total. The third-order valence-corrected chi connectivity index (χ3v) is 6.31. The van der Waals surface area contributed by atoms with Crippen molar-refractivity contribution in [2.45, 2.75) is 108 Å². The molecule has 32 heteroatoms. The smallest absolute Gasteiger partial charge is 0.450 e. The average molecular weight is 986 g/mol. The van der Waals surface area contributed by atoms with E-state index in [1.807, 2.05) is 0 Å². The Bertz CT molecular complexity index is 1240. The summed E-state index contributed by atoms with van der Waals surface area (Å²) in [7, 11) is 2.58. The molecule has 3 saturated heterocycles. The summed E-state index contributed by atoms with van der Waals surface area (Å²) < 4.78 is 293. The first-order valence-corrected chi connectivity index (χ1v) is 16.0. The van der Waals surface area contributed by atoms with Crippen molar-refractivity contribution in [2.24, 2.45) is 0 Å². The molecule has 3 heterocycles. The summed E-state index contributed by atoms with van der Waals surface area (Å²) in [6.07, 6.45) is -14.7. The van der Waals surface area contributed by atoms with Gasteiger partial charge < -0.3 is 24.0 Å². The second kappa shape index (κ2) is 26.1. The lowest BCUT2D eigenvalue weighted by Crippen LogP contribution is -2.51. The number of halogens is 26. The van der Waals surface area contributed by atoms with Crippen LogP contribution in [0, 0.1) is 0 Å². The molecule has 62 heavy (non-hydrogen) atoms. The summed E-state index contributed by atoms with van der Waals surface area (Å²) in [6.45, 7) is 3.30. The Hall–Kier alpha value is -3.80. The monoisotopic (exact) mass is 985 g/mol. The van der Waals surface area contributed by atoms with E-state index in [1.165, 1.54) is 0 Å². The van der Waals surface area contributed by atoms with Crippen LogP contribution in [0.1, 0.15) is 52.9 Å². The predicted octanol–water partition coefficient (Wildman–Crippen LogP) is 12.8. The number of hydrogen-bond acceptors (Lipinski definition) is 6. The van der Waals surface area contributed by atoms with Crippen molar-refractivity contribution in [1.29, 1.82) is 0 Å². The van der Waals surface area contributed by atoms with Crippen molar-refractivity contribution in [3.63, 3.8) is 0 Å². The summed E-state index contributed by atoms with van der Waals surface area (Å²) in [5, 5.41) is 0. The largest absolute Gasteiger partial charge is 0.491 e. The first kappa shape index (κ1) is 67.3. The van der Waals surface area contributed by atoms with E-state index < -0.39 is 83.5 Å². The van der Waals surface area contributed by atoms with E-state index in [0.717, 1.165) is 58.7 Å². The van der Waals surface area contributed by atoms with Gasteiger partial charge in [-0.3, -0.25) is 9.41 Å². The van der Waals surface area contributed by atoms with E-state index in [1.54, 1.807) is 9.80 Å². The minimum absolute atomic E-state index is 0. The average Bonchev–Trinajstić information content (AvgIpc) is 3.57. The minimum atomic E-state index is -6.38. The van der Waals surface area contributed by atoms with E-state index in [4.69, 9.17) is 0 Å². The highest BCUT2D eigenvalue weighted by Gasteiger charge is 2.92. The number of alkyl halides is 23. The number of rotatable bonds is 6. The molecule has 0 aromatic rings. The molecule has 0 saturated carbocycles. The molecule has 3 aliphatic rings. The Morgan fingerprint density at radius 3 is 0.855 bits per heavy atom. The first-order chi connectivity index (χ1) is 26.4. The maximum absolute atomic E-state index is 12.8. The number of allylic oxidation sites excluding steroid dienone is 2. The minimum Gasteiger partial charge on any atom is -0.491 e. The molecule has 0 aromatic heterocycles. The molecule has 0 spiro atoms. The summed E-state index contributed by atoms with van der Waals surface area (Å²) in [5.41, 5.74) is 0. The number of likely N-dealkylation sites (tertiary alicyclic amines) is 3. The van der Waals surface area contributed by atoms with Crippen molar-refractivity contribution in [3.8, 4) is 0 Å². The molecule has 0 atom stereocenters. The van der Waals surface area contributed by atoms with Gasteiger partial charge in [0, 0.05) is 59.4 Å². The molecule has 0 unspecified atom stereocenters. The van der Waals surface area contributed by atoms with E-state index in [0.29, 0.717) is 33.3 Å². The summed E-state index contributed by atoms with van der Waals surface area (Å²) in [6, 6.07) is -14.1.